The van der Waals surface area contributed by atoms with Crippen LogP contribution in [-0.2, 0) is 4.79 Å². The molecule has 0 fully saturated rings. The van der Waals surface area contributed by atoms with Gasteiger partial charge >= 0.3 is 0 Å². The number of carbonyl (C=O) groups is 1. The van der Waals surface area contributed by atoms with E-state index in [2.05, 4.69) is 20.7 Å². The Morgan fingerprint density at radius 3 is 2.72 bits per heavy atom. The van der Waals surface area contributed by atoms with Crippen molar-refractivity contribution >= 4 is 34.8 Å². The van der Waals surface area contributed by atoms with Crippen LogP contribution in [0, 0.1) is 0 Å². The van der Waals surface area contributed by atoms with E-state index in [-0.39, 0.29) is 11.8 Å². The predicted molar refractivity (Wildman–Crippen MR) is 66.4 cm³/mol. The third kappa shape index (κ3) is 3.14. The van der Waals surface area contributed by atoms with Gasteiger partial charge in [0.25, 0.3) is 5.88 Å². The first kappa shape index (κ1) is 12.3. The van der Waals surface area contributed by atoms with Gasteiger partial charge in [0, 0.05) is 11.9 Å². The molecule has 0 saturated carbocycles. The molecular weight excluding hydrogens is 256 g/mol. The fourth-order valence-electron chi connectivity index (χ4n) is 1.17. The van der Waals surface area contributed by atoms with Crippen molar-refractivity contribution in [3.05, 3.63) is 35.5 Å². The van der Waals surface area contributed by atoms with Gasteiger partial charge in [-0.15, -0.1) is 5.11 Å². The van der Waals surface area contributed by atoms with E-state index < -0.39 is 0 Å². The number of benzene rings is 1. The van der Waals surface area contributed by atoms with Gasteiger partial charge < -0.3 is 4.52 Å². The quantitative estimate of drug-likeness (QED) is 0.858. The van der Waals surface area contributed by atoms with Crippen molar-refractivity contribution in [3.8, 4) is 0 Å². The Bertz CT molecular complexity index is 577. The van der Waals surface area contributed by atoms with Gasteiger partial charge in [0.05, 0.1) is 5.69 Å². The third-order valence-electron chi connectivity index (χ3n) is 1.94. The Morgan fingerprint density at radius 2 is 2.06 bits per heavy atom. The van der Waals surface area contributed by atoms with E-state index in [0.717, 1.165) is 0 Å². The Morgan fingerprint density at radius 1 is 1.33 bits per heavy atom. The molecule has 6 nitrogen and oxygen atoms in total. The molecule has 0 bridgehead atoms. The van der Waals surface area contributed by atoms with E-state index in [1.165, 1.54) is 13.1 Å². The van der Waals surface area contributed by atoms with Crippen LogP contribution in [-0.4, -0.2) is 11.1 Å². The highest BCUT2D eigenvalue weighted by Gasteiger charge is 2.08. The molecule has 7 heteroatoms. The molecule has 1 heterocycles. The molecule has 0 aliphatic rings. The maximum absolute atomic E-state index is 10.9. The van der Waals surface area contributed by atoms with Crippen LogP contribution in [0.1, 0.15) is 6.92 Å². The molecule has 0 atom stereocenters. The lowest BCUT2D eigenvalue weighted by Gasteiger charge is -1.95. The lowest BCUT2D eigenvalue weighted by molar-refractivity contribution is -0.114. The van der Waals surface area contributed by atoms with Crippen LogP contribution in [0.15, 0.2) is 45.2 Å². The molecule has 0 saturated heterocycles. The summed E-state index contributed by atoms with van der Waals surface area (Å²) in [5.74, 6) is -0.102. The summed E-state index contributed by atoms with van der Waals surface area (Å²) in [4.78, 5) is 10.9. The van der Waals surface area contributed by atoms with Crippen molar-refractivity contribution in [1.82, 2.24) is 5.16 Å². The topological polar surface area (TPSA) is 79.9 Å². The minimum atomic E-state index is -0.269. The summed E-state index contributed by atoms with van der Waals surface area (Å²) in [5.41, 5.74) is 0.981. The smallest absolute Gasteiger partial charge is 0.259 e. The van der Waals surface area contributed by atoms with Crippen molar-refractivity contribution in [3.63, 3.8) is 0 Å². The summed E-state index contributed by atoms with van der Waals surface area (Å²) >= 11 is 5.75. The zero-order chi connectivity index (χ0) is 13.0. The summed E-state index contributed by atoms with van der Waals surface area (Å²) in [7, 11) is 0. The molecule has 0 spiro atoms. The minimum absolute atomic E-state index is 0.167. The zero-order valence-corrected chi connectivity index (χ0v) is 10.2. The summed E-state index contributed by atoms with van der Waals surface area (Å²) < 4.78 is 4.83. The van der Waals surface area contributed by atoms with Crippen molar-refractivity contribution in [2.45, 2.75) is 6.92 Å². The number of hydrogen-bond donors (Lipinski definition) is 1. The van der Waals surface area contributed by atoms with Crippen LogP contribution >= 0.6 is 11.6 Å². The first-order valence-corrected chi connectivity index (χ1v) is 5.42. The van der Waals surface area contributed by atoms with Gasteiger partial charge in [0.2, 0.25) is 5.91 Å². The summed E-state index contributed by atoms with van der Waals surface area (Å²) in [6.45, 7) is 1.36. The number of anilines is 1. The van der Waals surface area contributed by atoms with E-state index in [9.17, 15) is 4.79 Å². The lowest BCUT2D eigenvalue weighted by Crippen LogP contribution is -2.04. The average molecular weight is 265 g/mol. The first-order valence-electron chi connectivity index (χ1n) is 5.05. The molecular formula is C11H9ClN4O2. The first-order chi connectivity index (χ1) is 8.65. The highest BCUT2D eigenvalue weighted by atomic mass is 35.5. The number of amides is 1. The second kappa shape index (κ2) is 5.42. The summed E-state index contributed by atoms with van der Waals surface area (Å²) in [6, 6.07) is 6.85. The number of nitrogens with one attached hydrogen (secondary N) is 1. The van der Waals surface area contributed by atoms with Crippen LogP contribution in [0.5, 0.6) is 0 Å². The molecule has 2 aromatic rings. The van der Waals surface area contributed by atoms with Gasteiger partial charge in [-0.3, -0.25) is 10.1 Å². The van der Waals surface area contributed by atoms with Gasteiger partial charge in [-0.25, -0.2) is 0 Å². The van der Waals surface area contributed by atoms with E-state index in [1.807, 2.05) is 0 Å². The molecule has 2 rings (SSSR count). The molecule has 92 valence electrons. The van der Waals surface area contributed by atoms with Gasteiger partial charge in [0.15, 0.2) is 5.69 Å². The third-order valence-corrected chi connectivity index (χ3v) is 2.19. The van der Waals surface area contributed by atoms with E-state index >= 15 is 0 Å². The van der Waals surface area contributed by atoms with Gasteiger partial charge in [0.1, 0.15) is 6.20 Å². The molecule has 0 unspecified atom stereocenters. The standard InChI is InChI=1S/C11H9ClN4O2/c1-7(17)14-11-10(6-13-18-11)16-15-9-4-2-8(12)3-5-9/h2-6H,1H3,(H,14,17). The number of hydrogen-bond acceptors (Lipinski definition) is 5. The average Bonchev–Trinajstić information content (AvgIpc) is 2.75. The van der Waals surface area contributed by atoms with Crippen LogP contribution in [0.4, 0.5) is 17.3 Å². The van der Waals surface area contributed by atoms with Crippen LogP contribution in [0.2, 0.25) is 5.02 Å². The molecule has 1 aromatic carbocycles. The highest BCUT2D eigenvalue weighted by Crippen LogP contribution is 2.26. The van der Waals surface area contributed by atoms with E-state index in [0.29, 0.717) is 16.4 Å². The minimum Gasteiger partial charge on any atom is -0.336 e. The molecule has 1 aromatic heterocycles. The normalized spacial score (nSPS) is 10.8. The zero-order valence-electron chi connectivity index (χ0n) is 9.42. The number of nitrogens with zero attached hydrogens (tertiary/aromatic N) is 3. The number of carbonyl (C=O) groups excluding carboxylic acids is 1. The Kier molecular flexibility index (Phi) is 3.69. The lowest BCUT2D eigenvalue weighted by atomic mass is 10.3. The fourth-order valence-corrected chi connectivity index (χ4v) is 1.30. The molecule has 0 aliphatic heterocycles. The van der Waals surface area contributed by atoms with Crippen LogP contribution < -0.4 is 5.32 Å². The number of aromatic nitrogens is 1. The second-order valence-corrected chi connectivity index (χ2v) is 3.83. The van der Waals surface area contributed by atoms with Crippen LogP contribution in [0.3, 0.4) is 0 Å². The summed E-state index contributed by atoms with van der Waals surface area (Å²) in [6.07, 6.45) is 1.37. The SMILES string of the molecule is CC(=O)Nc1oncc1N=Nc1ccc(Cl)cc1. The van der Waals surface area contributed by atoms with E-state index in [1.54, 1.807) is 24.3 Å². The maximum atomic E-state index is 10.9. The Labute approximate surface area is 108 Å². The summed E-state index contributed by atoms with van der Waals surface area (Å²) in [5, 5.41) is 14.5. The maximum Gasteiger partial charge on any atom is 0.259 e. The van der Waals surface area contributed by atoms with Crippen molar-refractivity contribution in [2.75, 3.05) is 5.32 Å². The van der Waals surface area contributed by atoms with Gasteiger partial charge in [-0.05, 0) is 24.3 Å². The highest BCUT2D eigenvalue weighted by molar-refractivity contribution is 6.30. The van der Waals surface area contributed by atoms with Crippen molar-refractivity contribution in [1.29, 1.82) is 0 Å². The van der Waals surface area contributed by atoms with Crippen molar-refractivity contribution < 1.29 is 9.32 Å². The molecule has 1 N–H and O–H groups in total. The number of halogens is 1. The Hall–Kier alpha value is -2.21. The monoisotopic (exact) mass is 264 g/mol. The molecule has 0 radical (unpaired) electrons. The van der Waals surface area contributed by atoms with Gasteiger partial charge in [-0.1, -0.05) is 16.8 Å². The molecule has 18 heavy (non-hydrogen) atoms. The van der Waals surface area contributed by atoms with Crippen molar-refractivity contribution in [2.24, 2.45) is 10.2 Å². The predicted octanol–water partition coefficient (Wildman–Crippen LogP) is 3.70. The van der Waals surface area contributed by atoms with Gasteiger partial charge in [-0.2, -0.15) is 5.11 Å². The molecule has 1 amide bonds. The number of rotatable bonds is 3. The van der Waals surface area contributed by atoms with E-state index in [4.69, 9.17) is 16.1 Å². The van der Waals surface area contributed by atoms with Crippen LogP contribution in [0.25, 0.3) is 0 Å². The Balaban J connectivity index is 2.16. The number of azo groups is 1. The largest absolute Gasteiger partial charge is 0.336 e. The second-order valence-electron chi connectivity index (χ2n) is 3.40. The fraction of sp³-hybridized carbons (Fsp3) is 0.0909. The molecule has 0 aliphatic carbocycles.